The number of nitrogens with one attached hydrogen (secondary N) is 1. The molecule has 1 aliphatic carbocycles. The number of halogens is 1. The fraction of sp³-hybridized carbons (Fsp3) is 0.357. The van der Waals surface area contributed by atoms with Crippen molar-refractivity contribution in [1.29, 1.82) is 0 Å². The number of nitrogen functional groups attached to an aromatic ring is 1. The Morgan fingerprint density at radius 2 is 2.24 bits per heavy atom. The van der Waals surface area contributed by atoms with Gasteiger partial charge in [-0.15, -0.1) is 12.4 Å². The van der Waals surface area contributed by atoms with Crippen molar-refractivity contribution in [3.05, 3.63) is 41.5 Å². The van der Waals surface area contributed by atoms with E-state index in [2.05, 4.69) is 15.4 Å². The zero-order valence-corrected chi connectivity index (χ0v) is 12.6. The number of aromatic nitrogens is 3. The van der Waals surface area contributed by atoms with Crippen LogP contribution in [0.4, 0.5) is 5.69 Å². The number of pyridine rings is 1. The van der Waals surface area contributed by atoms with Crippen LogP contribution in [0.2, 0.25) is 0 Å². The molecule has 0 saturated carbocycles. The summed E-state index contributed by atoms with van der Waals surface area (Å²) < 4.78 is 1.88. The SMILES string of the molecule is Cl.Cn1ncc2c1CCCC2NC(=O)c1ccc(N)cn1. The number of nitrogens with two attached hydrogens (primary N) is 1. The largest absolute Gasteiger partial charge is 0.397 e. The van der Waals surface area contributed by atoms with Gasteiger partial charge in [-0.05, 0) is 31.4 Å². The first-order valence-corrected chi connectivity index (χ1v) is 6.68. The quantitative estimate of drug-likeness (QED) is 0.883. The molecule has 0 aromatic carbocycles. The highest BCUT2D eigenvalue weighted by Gasteiger charge is 2.25. The molecule has 2 heterocycles. The van der Waals surface area contributed by atoms with Crippen molar-refractivity contribution < 1.29 is 4.79 Å². The van der Waals surface area contributed by atoms with Crippen molar-refractivity contribution in [3.63, 3.8) is 0 Å². The zero-order chi connectivity index (χ0) is 14.1. The molecule has 2 aromatic rings. The van der Waals surface area contributed by atoms with Gasteiger partial charge in [0.25, 0.3) is 5.91 Å². The highest BCUT2D eigenvalue weighted by atomic mass is 35.5. The number of carbonyl (C=O) groups is 1. The first-order chi connectivity index (χ1) is 9.65. The van der Waals surface area contributed by atoms with Gasteiger partial charge in [0.05, 0.1) is 24.1 Å². The standard InChI is InChI=1S/C14H17N5O.ClH/c1-19-13-4-2-3-11(10(13)8-17-19)18-14(20)12-6-5-9(15)7-16-12;/h5-8,11H,2-4,15H2,1H3,(H,18,20);1H. The number of nitrogens with zero attached hydrogens (tertiary/aromatic N) is 3. The molecule has 0 aliphatic heterocycles. The number of hydrogen-bond acceptors (Lipinski definition) is 4. The summed E-state index contributed by atoms with van der Waals surface area (Å²) in [5, 5.41) is 7.30. The van der Waals surface area contributed by atoms with Crippen LogP contribution < -0.4 is 11.1 Å². The lowest BCUT2D eigenvalue weighted by Crippen LogP contribution is -2.31. The zero-order valence-electron chi connectivity index (χ0n) is 11.7. The predicted molar refractivity (Wildman–Crippen MR) is 82.3 cm³/mol. The Hall–Kier alpha value is -2.08. The highest BCUT2D eigenvalue weighted by molar-refractivity contribution is 5.92. The van der Waals surface area contributed by atoms with Crippen molar-refractivity contribution in [1.82, 2.24) is 20.1 Å². The minimum atomic E-state index is -0.174. The minimum Gasteiger partial charge on any atom is -0.397 e. The maximum Gasteiger partial charge on any atom is 0.270 e. The maximum absolute atomic E-state index is 12.2. The summed E-state index contributed by atoms with van der Waals surface area (Å²) in [5.74, 6) is -0.174. The van der Waals surface area contributed by atoms with Crippen LogP contribution >= 0.6 is 12.4 Å². The molecule has 3 N–H and O–H groups in total. The molecule has 1 aliphatic rings. The average molecular weight is 308 g/mol. The van der Waals surface area contributed by atoms with Crippen molar-refractivity contribution in [3.8, 4) is 0 Å². The lowest BCUT2D eigenvalue weighted by Gasteiger charge is -2.23. The number of amides is 1. The Morgan fingerprint density at radius 1 is 1.43 bits per heavy atom. The van der Waals surface area contributed by atoms with E-state index in [1.807, 2.05) is 17.9 Å². The lowest BCUT2D eigenvalue weighted by molar-refractivity contribution is 0.0927. The molecule has 6 nitrogen and oxygen atoms in total. The van der Waals surface area contributed by atoms with E-state index in [1.165, 1.54) is 11.9 Å². The maximum atomic E-state index is 12.2. The Bertz CT molecular complexity index is 637. The van der Waals surface area contributed by atoms with Crippen LogP contribution in [-0.2, 0) is 13.5 Å². The van der Waals surface area contributed by atoms with E-state index in [4.69, 9.17) is 5.73 Å². The van der Waals surface area contributed by atoms with E-state index in [0.717, 1.165) is 24.8 Å². The molecule has 7 heteroatoms. The third kappa shape index (κ3) is 3.00. The van der Waals surface area contributed by atoms with Crippen LogP contribution in [0.25, 0.3) is 0 Å². The number of aryl methyl sites for hydroxylation is 1. The van der Waals surface area contributed by atoms with Gasteiger partial charge in [-0.3, -0.25) is 9.48 Å². The smallest absolute Gasteiger partial charge is 0.270 e. The van der Waals surface area contributed by atoms with Gasteiger partial charge >= 0.3 is 0 Å². The van der Waals surface area contributed by atoms with Crippen molar-refractivity contribution in [2.45, 2.75) is 25.3 Å². The van der Waals surface area contributed by atoms with Gasteiger partial charge in [-0.2, -0.15) is 5.10 Å². The van der Waals surface area contributed by atoms with Gasteiger partial charge in [-0.25, -0.2) is 4.98 Å². The number of fused-ring (bicyclic) bond motifs is 1. The van der Waals surface area contributed by atoms with E-state index in [0.29, 0.717) is 11.4 Å². The van der Waals surface area contributed by atoms with Gasteiger partial charge in [0, 0.05) is 18.3 Å². The molecule has 0 spiro atoms. The van der Waals surface area contributed by atoms with E-state index in [9.17, 15) is 4.79 Å². The third-order valence-corrected chi connectivity index (χ3v) is 3.70. The fourth-order valence-corrected chi connectivity index (χ4v) is 2.63. The van der Waals surface area contributed by atoms with Crippen LogP contribution in [0.1, 0.15) is 40.6 Å². The average Bonchev–Trinajstić information content (AvgIpc) is 2.82. The second-order valence-electron chi connectivity index (χ2n) is 5.07. The Kier molecular flexibility index (Phi) is 4.47. The van der Waals surface area contributed by atoms with Crippen LogP contribution in [0.3, 0.4) is 0 Å². The van der Waals surface area contributed by atoms with Crippen molar-refractivity contribution in [2.75, 3.05) is 5.73 Å². The van der Waals surface area contributed by atoms with Gasteiger partial charge in [0.2, 0.25) is 0 Å². The molecule has 21 heavy (non-hydrogen) atoms. The number of hydrogen-bond donors (Lipinski definition) is 2. The first-order valence-electron chi connectivity index (χ1n) is 6.68. The van der Waals surface area contributed by atoms with E-state index in [-0.39, 0.29) is 24.4 Å². The molecule has 112 valence electrons. The Labute approximate surface area is 129 Å². The molecule has 2 aromatic heterocycles. The van der Waals surface area contributed by atoms with Crippen LogP contribution in [-0.4, -0.2) is 20.7 Å². The monoisotopic (exact) mass is 307 g/mol. The van der Waals surface area contributed by atoms with Crippen molar-refractivity contribution in [2.24, 2.45) is 7.05 Å². The van der Waals surface area contributed by atoms with Gasteiger partial charge in [0.15, 0.2) is 0 Å². The Morgan fingerprint density at radius 3 is 2.95 bits per heavy atom. The summed E-state index contributed by atoms with van der Waals surface area (Å²) in [4.78, 5) is 16.2. The molecule has 0 bridgehead atoms. The minimum absolute atomic E-state index is 0. The van der Waals surface area contributed by atoms with Gasteiger partial charge in [0.1, 0.15) is 5.69 Å². The third-order valence-electron chi connectivity index (χ3n) is 3.70. The summed E-state index contributed by atoms with van der Waals surface area (Å²) in [7, 11) is 1.94. The Balaban J connectivity index is 0.00000161. The summed E-state index contributed by atoms with van der Waals surface area (Å²) in [5.41, 5.74) is 8.82. The molecule has 0 radical (unpaired) electrons. The number of rotatable bonds is 2. The summed E-state index contributed by atoms with van der Waals surface area (Å²) in [6, 6.07) is 3.33. The number of carbonyl (C=O) groups excluding carboxylic acids is 1. The van der Waals surface area contributed by atoms with E-state index in [1.54, 1.807) is 12.1 Å². The highest BCUT2D eigenvalue weighted by Crippen LogP contribution is 2.29. The summed E-state index contributed by atoms with van der Waals surface area (Å²) in [6.45, 7) is 0. The predicted octanol–water partition coefficient (Wildman–Crippen LogP) is 1.63. The summed E-state index contributed by atoms with van der Waals surface area (Å²) in [6.07, 6.45) is 6.32. The molecule has 3 rings (SSSR count). The molecular weight excluding hydrogens is 290 g/mol. The molecule has 0 fully saturated rings. The number of anilines is 1. The fourth-order valence-electron chi connectivity index (χ4n) is 2.63. The summed E-state index contributed by atoms with van der Waals surface area (Å²) >= 11 is 0. The van der Waals surface area contributed by atoms with Gasteiger partial charge < -0.3 is 11.1 Å². The van der Waals surface area contributed by atoms with Crippen LogP contribution in [0.15, 0.2) is 24.5 Å². The topological polar surface area (TPSA) is 85.8 Å². The molecule has 1 atom stereocenters. The molecule has 1 unspecified atom stereocenters. The first kappa shape index (κ1) is 15.3. The second-order valence-corrected chi connectivity index (χ2v) is 5.07. The van der Waals surface area contributed by atoms with Crippen molar-refractivity contribution >= 4 is 24.0 Å². The van der Waals surface area contributed by atoms with E-state index < -0.39 is 0 Å². The van der Waals surface area contributed by atoms with Gasteiger partial charge in [-0.1, -0.05) is 0 Å². The lowest BCUT2D eigenvalue weighted by atomic mass is 9.93. The normalized spacial score (nSPS) is 16.7. The van der Waals surface area contributed by atoms with Crippen LogP contribution in [0, 0.1) is 0 Å². The van der Waals surface area contributed by atoms with E-state index >= 15 is 0 Å². The molecule has 0 saturated heterocycles. The molecule has 1 amide bonds. The second kappa shape index (κ2) is 6.13. The van der Waals surface area contributed by atoms with Crippen LogP contribution in [0.5, 0.6) is 0 Å². The molecular formula is C14H18ClN5O.